The Labute approximate surface area is 115 Å². The largest absolute Gasteiger partial charge is 0.416 e. The zero-order valence-corrected chi connectivity index (χ0v) is 11.4. The van der Waals surface area contributed by atoms with Crippen LogP contribution in [0.25, 0.3) is 0 Å². The highest BCUT2D eigenvalue weighted by Gasteiger charge is 2.33. The molecule has 0 unspecified atom stereocenters. The van der Waals surface area contributed by atoms with Gasteiger partial charge >= 0.3 is 12.2 Å². The van der Waals surface area contributed by atoms with Gasteiger partial charge in [0.25, 0.3) is 0 Å². The van der Waals surface area contributed by atoms with E-state index in [2.05, 4.69) is 5.32 Å². The number of nitrogens with zero attached hydrogens (tertiary/aromatic N) is 1. The molecule has 0 aliphatic carbocycles. The van der Waals surface area contributed by atoms with Crippen LogP contribution in [0.1, 0.15) is 32.3 Å². The molecule has 0 aromatic heterocycles. The van der Waals surface area contributed by atoms with Gasteiger partial charge in [-0.25, -0.2) is 4.79 Å². The number of likely N-dealkylation sites (tertiary alicyclic amines) is 1. The second kappa shape index (κ2) is 5.34. The van der Waals surface area contributed by atoms with Gasteiger partial charge in [0.15, 0.2) is 0 Å². The van der Waals surface area contributed by atoms with Gasteiger partial charge in [-0.15, -0.1) is 0 Å². The molecule has 1 aromatic rings. The number of benzene rings is 1. The van der Waals surface area contributed by atoms with Gasteiger partial charge in [0, 0.05) is 17.8 Å². The topological polar surface area (TPSA) is 32.3 Å². The van der Waals surface area contributed by atoms with Crippen LogP contribution in [0.5, 0.6) is 0 Å². The Morgan fingerprint density at radius 3 is 2.40 bits per heavy atom. The fraction of sp³-hybridized carbons (Fsp3) is 0.500. The molecular formula is C14H17F3N2O. The summed E-state index contributed by atoms with van der Waals surface area (Å²) in [5, 5.41) is 2.54. The SMILES string of the molecule is C[C@@H]1CC[C@H](C)N1C(=O)Nc1cccc(C(F)(F)F)c1. The van der Waals surface area contributed by atoms with E-state index < -0.39 is 11.7 Å². The molecule has 2 rings (SSSR count). The molecule has 0 bridgehead atoms. The van der Waals surface area contributed by atoms with Crippen LogP contribution < -0.4 is 5.32 Å². The van der Waals surface area contributed by atoms with Gasteiger partial charge in [-0.3, -0.25) is 0 Å². The standard InChI is InChI=1S/C14H17F3N2O/c1-9-6-7-10(2)19(9)13(20)18-12-5-3-4-11(8-12)14(15,16)17/h3-5,8-10H,6-7H2,1-2H3,(H,18,20)/t9-,10+. The maximum absolute atomic E-state index is 12.6. The quantitative estimate of drug-likeness (QED) is 0.828. The zero-order chi connectivity index (χ0) is 14.9. The third-order valence-corrected chi connectivity index (χ3v) is 3.63. The number of hydrogen-bond donors (Lipinski definition) is 1. The van der Waals surface area contributed by atoms with Gasteiger partial charge in [-0.1, -0.05) is 6.07 Å². The Morgan fingerprint density at radius 1 is 1.25 bits per heavy atom. The molecule has 20 heavy (non-hydrogen) atoms. The number of rotatable bonds is 1. The first-order valence-electron chi connectivity index (χ1n) is 6.55. The molecule has 1 aromatic carbocycles. The Balaban J connectivity index is 2.12. The second-order valence-electron chi connectivity index (χ2n) is 5.19. The molecule has 1 heterocycles. The molecule has 0 saturated carbocycles. The van der Waals surface area contributed by atoms with E-state index in [1.165, 1.54) is 12.1 Å². The van der Waals surface area contributed by atoms with Crippen molar-refractivity contribution in [3.8, 4) is 0 Å². The lowest BCUT2D eigenvalue weighted by molar-refractivity contribution is -0.137. The highest BCUT2D eigenvalue weighted by atomic mass is 19.4. The third kappa shape index (κ3) is 3.05. The average molecular weight is 286 g/mol. The van der Waals surface area contributed by atoms with Crippen molar-refractivity contribution in [2.24, 2.45) is 0 Å². The van der Waals surface area contributed by atoms with Crippen molar-refractivity contribution in [1.82, 2.24) is 4.90 Å². The lowest BCUT2D eigenvalue weighted by atomic mass is 10.2. The summed E-state index contributed by atoms with van der Waals surface area (Å²) in [6.07, 6.45) is -2.58. The minimum atomic E-state index is -4.41. The number of carbonyl (C=O) groups is 1. The molecule has 1 saturated heterocycles. The van der Waals surface area contributed by atoms with Crippen molar-refractivity contribution < 1.29 is 18.0 Å². The highest BCUT2D eigenvalue weighted by Crippen LogP contribution is 2.31. The maximum atomic E-state index is 12.6. The number of carbonyl (C=O) groups excluding carboxylic acids is 1. The molecule has 3 nitrogen and oxygen atoms in total. The van der Waals surface area contributed by atoms with Crippen LogP contribution in [0, 0.1) is 0 Å². The Bertz CT molecular complexity index is 491. The predicted molar refractivity (Wildman–Crippen MR) is 70.5 cm³/mol. The lowest BCUT2D eigenvalue weighted by Gasteiger charge is -2.26. The molecule has 0 spiro atoms. The minimum Gasteiger partial charge on any atom is -0.319 e. The highest BCUT2D eigenvalue weighted by molar-refractivity contribution is 5.90. The van der Waals surface area contributed by atoms with Gasteiger partial charge in [0.1, 0.15) is 0 Å². The fourth-order valence-corrected chi connectivity index (χ4v) is 2.56. The first kappa shape index (κ1) is 14.7. The number of halogens is 3. The summed E-state index contributed by atoms with van der Waals surface area (Å²) in [5.41, 5.74) is -0.603. The molecule has 2 atom stereocenters. The number of anilines is 1. The van der Waals surface area contributed by atoms with Crippen LogP contribution in [0.4, 0.5) is 23.7 Å². The van der Waals surface area contributed by atoms with E-state index >= 15 is 0 Å². The summed E-state index contributed by atoms with van der Waals surface area (Å²) >= 11 is 0. The summed E-state index contributed by atoms with van der Waals surface area (Å²) in [7, 11) is 0. The summed E-state index contributed by atoms with van der Waals surface area (Å²) in [4.78, 5) is 13.8. The van der Waals surface area contributed by atoms with E-state index in [9.17, 15) is 18.0 Å². The third-order valence-electron chi connectivity index (χ3n) is 3.63. The van der Waals surface area contributed by atoms with E-state index in [1.54, 1.807) is 4.90 Å². The van der Waals surface area contributed by atoms with Crippen molar-refractivity contribution >= 4 is 11.7 Å². The monoisotopic (exact) mass is 286 g/mol. The van der Waals surface area contributed by atoms with Crippen LogP contribution in [0.2, 0.25) is 0 Å². The summed E-state index contributed by atoms with van der Waals surface area (Å²) in [5.74, 6) is 0. The predicted octanol–water partition coefficient (Wildman–Crippen LogP) is 4.11. The number of urea groups is 1. The van der Waals surface area contributed by atoms with E-state index in [1.807, 2.05) is 13.8 Å². The van der Waals surface area contributed by atoms with Gasteiger partial charge < -0.3 is 10.2 Å². The fourth-order valence-electron chi connectivity index (χ4n) is 2.56. The number of alkyl halides is 3. The molecule has 0 radical (unpaired) electrons. The van der Waals surface area contributed by atoms with Crippen molar-refractivity contribution in [2.45, 2.75) is 44.9 Å². The Kier molecular flexibility index (Phi) is 3.92. The van der Waals surface area contributed by atoms with Crippen LogP contribution in [-0.2, 0) is 6.18 Å². The van der Waals surface area contributed by atoms with Crippen LogP contribution in [0.3, 0.4) is 0 Å². The normalized spacial score (nSPS) is 22.9. The van der Waals surface area contributed by atoms with Crippen LogP contribution in [0.15, 0.2) is 24.3 Å². The second-order valence-corrected chi connectivity index (χ2v) is 5.19. The molecule has 1 fully saturated rings. The Hall–Kier alpha value is -1.72. The molecule has 1 aliphatic heterocycles. The molecular weight excluding hydrogens is 269 g/mol. The van der Waals surface area contributed by atoms with Crippen molar-refractivity contribution in [2.75, 3.05) is 5.32 Å². The zero-order valence-electron chi connectivity index (χ0n) is 11.4. The molecule has 1 aliphatic rings. The summed E-state index contributed by atoms with van der Waals surface area (Å²) in [6, 6.07) is 4.54. The number of nitrogens with one attached hydrogen (secondary N) is 1. The average Bonchev–Trinajstić information content (AvgIpc) is 2.68. The first-order valence-corrected chi connectivity index (χ1v) is 6.55. The van der Waals surface area contributed by atoms with Gasteiger partial charge in [0.05, 0.1) is 5.56 Å². The van der Waals surface area contributed by atoms with Crippen LogP contribution >= 0.6 is 0 Å². The Morgan fingerprint density at radius 2 is 1.85 bits per heavy atom. The van der Waals surface area contributed by atoms with Crippen molar-refractivity contribution in [1.29, 1.82) is 0 Å². The molecule has 2 amide bonds. The van der Waals surface area contributed by atoms with E-state index in [0.29, 0.717) is 0 Å². The van der Waals surface area contributed by atoms with Crippen LogP contribution in [-0.4, -0.2) is 23.0 Å². The van der Waals surface area contributed by atoms with Gasteiger partial charge in [0.2, 0.25) is 0 Å². The van der Waals surface area contributed by atoms with Gasteiger partial charge in [-0.05, 0) is 44.9 Å². The van der Waals surface area contributed by atoms with Crippen molar-refractivity contribution in [3.63, 3.8) is 0 Å². The van der Waals surface area contributed by atoms with E-state index in [-0.39, 0.29) is 23.8 Å². The molecule has 110 valence electrons. The molecule has 1 N–H and O–H groups in total. The number of hydrogen-bond acceptors (Lipinski definition) is 1. The summed E-state index contributed by atoms with van der Waals surface area (Å²) < 4.78 is 37.8. The number of amides is 2. The van der Waals surface area contributed by atoms with Gasteiger partial charge in [-0.2, -0.15) is 13.2 Å². The van der Waals surface area contributed by atoms with E-state index in [4.69, 9.17) is 0 Å². The first-order chi connectivity index (χ1) is 9.29. The minimum absolute atomic E-state index is 0.107. The lowest BCUT2D eigenvalue weighted by Crippen LogP contribution is -2.41. The maximum Gasteiger partial charge on any atom is 0.416 e. The smallest absolute Gasteiger partial charge is 0.319 e. The molecule has 6 heteroatoms. The van der Waals surface area contributed by atoms with Crippen molar-refractivity contribution in [3.05, 3.63) is 29.8 Å². The summed E-state index contributed by atoms with van der Waals surface area (Å²) in [6.45, 7) is 3.88. The van der Waals surface area contributed by atoms with E-state index in [0.717, 1.165) is 25.0 Å².